The van der Waals surface area contributed by atoms with Crippen molar-refractivity contribution in [2.45, 2.75) is 13.8 Å². The highest BCUT2D eigenvalue weighted by atomic mass is 35.5. The van der Waals surface area contributed by atoms with Crippen LogP contribution in [-0.2, 0) is 9.59 Å². The van der Waals surface area contributed by atoms with Gasteiger partial charge in [-0.05, 0) is 60.9 Å². The average Bonchev–Trinajstić information content (AvgIpc) is 3.00. The minimum Gasteiger partial charge on any atom is -0.495 e. The third-order valence-corrected chi connectivity index (χ3v) is 5.54. The number of carbonyl (C=O) groups excluding carboxylic acids is 2. The van der Waals surface area contributed by atoms with Gasteiger partial charge in [-0.15, -0.1) is 0 Å². The SMILES string of the molecule is COc1ccc(Cl)cc1N1C(=O)C(Nc2ccc(C)c(C)c2)=C(c2ccccc2)C1=O. The number of hydrogen-bond donors (Lipinski definition) is 1. The van der Waals surface area contributed by atoms with E-state index in [1.807, 2.05) is 50.2 Å². The maximum Gasteiger partial charge on any atom is 0.282 e. The number of ether oxygens (including phenoxy) is 1. The second-order valence-electron chi connectivity index (χ2n) is 7.30. The van der Waals surface area contributed by atoms with Crippen molar-refractivity contribution in [3.05, 3.63) is 94.1 Å². The molecule has 3 aromatic carbocycles. The molecule has 156 valence electrons. The molecule has 1 aliphatic rings. The van der Waals surface area contributed by atoms with Crippen LogP contribution in [0.3, 0.4) is 0 Å². The molecule has 0 bridgehead atoms. The van der Waals surface area contributed by atoms with E-state index < -0.39 is 11.8 Å². The molecule has 1 N–H and O–H groups in total. The molecule has 0 radical (unpaired) electrons. The van der Waals surface area contributed by atoms with Gasteiger partial charge in [0, 0.05) is 10.7 Å². The Labute approximate surface area is 185 Å². The first kappa shape index (κ1) is 20.7. The van der Waals surface area contributed by atoms with Crippen molar-refractivity contribution in [2.24, 2.45) is 0 Å². The standard InChI is InChI=1S/C25H21ClN2O3/c1-15-9-11-19(13-16(15)2)27-23-22(17-7-5-4-6-8-17)24(29)28(25(23)30)20-14-18(26)10-12-21(20)31-3/h4-14,27H,1-3H3. The molecule has 31 heavy (non-hydrogen) atoms. The monoisotopic (exact) mass is 432 g/mol. The zero-order valence-electron chi connectivity index (χ0n) is 17.4. The summed E-state index contributed by atoms with van der Waals surface area (Å²) in [6, 6.07) is 19.8. The average molecular weight is 433 g/mol. The van der Waals surface area contributed by atoms with Gasteiger partial charge in [0.25, 0.3) is 11.8 Å². The van der Waals surface area contributed by atoms with E-state index in [-0.39, 0.29) is 5.70 Å². The van der Waals surface area contributed by atoms with E-state index >= 15 is 0 Å². The lowest BCUT2D eigenvalue weighted by molar-refractivity contribution is -0.120. The van der Waals surface area contributed by atoms with Crippen LogP contribution in [0.2, 0.25) is 5.02 Å². The minimum absolute atomic E-state index is 0.210. The molecule has 6 heteroatoms. The van der Waals surface area contributed by atoms with Crippen molar-refractivity contribution in [3.8, 4) is 5.75 Å². The van der Waals surface area contributed by atoms with Gasteiger partial charge in [0.05, 0.1) is 18.4 Å². The highest BCUT2D eigenvalue weighted by Crippen LogP contribution is 2.39. The Morgan fingerprint density at radius 3 is 2.29 bits per heavy atom. The van der Waals surface area contributed by atoms with Gasteiger partial charge in [0.1, 0.15) is 11.4 Å². The fourth-order valence-electron chi connectivity index (χ4n) is 3.54. The molecule has 0 aromatic heterocycles. The lowest BCUT2D eigenvalue weighted by Gasteiger charge is -2.18. The zero-order chi connectivity index (χ0) is 22.1. The lowest BCUT2D eigenvalue weighted by atomic mass is 10.0. The van der Waals surface area contributed by atoms with E-state index in [2.05, 4.69) is 5.32 Å². The summed E-state index contributed by atoms with van der Waals surface area (Å²) < 4.78 is 5.39. The van der Waals surface area contributed by atoms with Gasteiger partial charge in [0.2, 0.25) is 0 Å². The van der Waals surface area contributed by atoms with E-state index in [9.17, 15) is 9.59 Å². The van der Waals surface area contributed by atoms with Crippen LogP contribution >= 0.6 is 11.6 Å². The minimum atomic E-state index is -0.470. The molecule has 4 rings (SSSR count). The summed E-state index contributed by atoms with van der Waals surface area (Å²) in [6.07, 6.45) is 0. The number of nitrogens with zero attached hydrogens (tertiary/aromatic N) is 1. The Kier molecular flexibility index (Phi) is 5.53. The Balaban J connectivity index is 1.85. The van der Waals surface area contributed by atoms with Crippen LogP contribution in [0, 0.1) is 13.8 Å². The normalized spacial score (nSPS) is 13.7. The number of halogens is 1. The molecular formula is C25H21ClN2O3. The molecule has 2 amide bonds. The summed E-state index contributed by atoms with van der Waals surface area (Å²) in [7, 11) is 1.48. The molecule has 0 atom stereocenters. The second-order valence-corrected chi connectivity index (χ2v) is 7.74. The summed E-state index contributed by atoms with van der Waals surface area (Å²) in [5, 5.41) is 3.58. The molecule has 0 fully saturated rings. The van der Waals surface area contributed by atoms with Gasteiger partial charge < -0.3 is 10.1 Å². The van der Waals surface area contributed by atoms with Gasteiger partial charge in [-0.25, -0.2) is 4.90 Å². The summed E-state index contributed by atoms with van der Waals surface area (Å²) in [4.78, 5) is 28.2. The molecule has 0 spiro atoms. The molecule has 0 saturated carbocycles. The number of benzene rings is 3. The van der Waals surface area contributed by atoms with Crippen molar-refractivity contribution < 1.29 is 14.3 Å². The van der Waals surface area contributed by atoms with Crippen molar-refractivity contribution >= 4 is 40.4 Å². The number of aryl methyl sites for hydroxylation is 2. The summed E-state index contributed by atoms with van der Waals surface area (Å²) in [5.74, 6) is -0.531. The van der Waals surface area contributed by atoms with Crippen LogP contribution in [0.25, 0.3) is 5.57 Å². The topological polar surface area (TPSA) is 58.6 Å². The molecule has 0 saturated heterocycles. The number of amides is 2. The van der Waals surface area contributed by atoms with Crippen molar-refractivity contribution in [3.63, 3.8) is 0 Å². The highest BCUT2D eigenvalue weighted by Gasteiger charge is 2.41. The Hall–Kier alpha value is -3.57. The number of methoxy groups -OCH3 is 1. The number of carbonyl (C=O) groups is 2. The fraction of sp³-hybridized carbons (Fsp3) is 0.120. The second kappa shape index (κ2) is 8.28. The van der Waals surface area contributed by atoms with Crippen LogP contribution in [-0.4, -0.2) is 18.9 Å². The largest absolute Gasteiger partial charge is 0.495 e. The van der Waals surface area contributed by atoms with E-state index in [4.69, 9.17) is 16.3 Å². The van der Waals surface area contributed by atoms with E-state index in [0.29, 0.717) is 27.6 Å². The van der Waals surface area contributed by atoms with Gasteiger partial charge in [-0.1, -0.05) is 48.0 Å². The number of hydrogen-bond acceptors (Lipinski definition) is 4. The van der Waals surface area contributed by atoms with E-state index in [0.717, 1.165) is 21.7 Å². The van der Waals surface area contributed by atoms with Crippen molar-refractivity contribution in [1.82, 2.24) is 0 Å². The molecule has 1 heterocycles. The van der Waals surface area contributed by atoms with E-state index in [1.54, 1.807) is 30.3 Å². The zero-order valence-corrected chi connectivity index (χ0v) is 18.2. The Morgan fingerprint density at radius 1 is 0.871 bits per heavy atom. The highest BCUT2D eigenvalue weighted by molar-refractivity contribution is 6.46. The van der Waals surface area contributed by atoms with Crippen LogP contribution in [0.5, 0.6) is 5.75 Å². The Bertz CT molecular complexity index is 1220. The predicted molar refractivity (Wildman–Crippen MR) is 123 cm³/mol. The maximum absolute atomic E-state index is 13.5. The molecule has 1 aliphatic heterocycles. The summed E-state index contributed by atoms with van der Waals surface area (Å²) >= 11 is 6.17. The van der Waals surface area contributed by atoms with E-state index in [1.165, 1.54) is 7.11 Å². The van der Waals surface area contributed by atoms with Crippen molar-refractivity contribution in [1.29, 1.82) is 0 Å². The fourth-order valence-corrected chi connectivity index (χ4v) is 3.70. The third kappa shape index (κ3) is 3.80. The Morgan fingerprint density at radius 2 is 1.61 bits per heavy atom. The van der Waals surface area contributed by atoms with Gasteiger partial charge in [-0.2, -0.15) is 0 Å². The quantitative estimate of drug-likeness (QED) is 0.551. The molecule has 0 unspecified atom stereocenters. The number of nitrogens with one attached hydrogen (secondary N) is 1. The van der Waals surface area contributed by atoms with Gasteiger partial charge >= 0.3 is 0 Å². The summed E-state index contributed by atoms with van der Waals surface area (Å²) in [5.41, 5.74) is 4.41. The smallest absolute Gasteiger partial charge is 0.282 e. The number of imide groups is 1. The first-order valence-electron chi connectivity index (χ1n) is 9.77. The molecular weight excluding hydrogens is 412 g/mol. The van der Waals surface area contributed by atoms with Crippen LogP contribution in [0.15, 0.2) is 72.4 Å². The molecule has 5 nitrogen and oxygen atoms in total. The van der Waals surface area contributed by atoms with Gasteiger partial charge in [0.15, 0.2) is 0 Å². The number of rotatable bonds is 5. The van der Waals surface area contributed by atoms with Gasteiger partial charge in [-0.3, -0.25) is 9.59 Å². The maximum atomic E-state index is 13.5. The number of anilines is 2. The van der Waals surface area contributed by atoms with Crippen LogP contribution in [0.4, 0.5) is 11.4 Å². The summed E-state index contributed by atoms with van der Waals surface area (Å²) in [6.45, 7) is 4.02. The van der Waals surface area contributed by atoms with Crippen molar-refractivity contribution in [2.75, 3.05) is 17.3 Å². The first-order chi connectivity index (χ1) is 14.9. The predicted octanol–water partition coefficient (Wildman–Crippen LogP) is 5.36. The molecule has 3 aromatic rings. The third-order valence-electron chi connectivity index (χ3n) is 5.30. The van der Waals surface area contributed by atoms with Crippen LogP contribution in [0.1, 0.15) is 16.7 Å². The van der Waals surface area contributed by atoms with Crippen LogP contribution < -0.4 is 15.0 Å². The first-order valence-corrected chi connectivity index (χ1v) is 10.1. The molecule has 0 aliphatic carbocycles. The lowest BCUT2D eigenvalue weighted by Crippen LogP contribution is -2.32.